The van der Waals surface area contributed by atoms with Crippen molar-refractivity contribution in [3.63, 3.8) is 0 Å². The van der Waals surface area contributed by atoms with Gasteiger partial charge in [0.2, 0.25) is 0 Å². The van der Waals surface area contributed by atoms with Crippen LogP contribution < -0.4 is 10.1 Å². The Kier molecular flexibility index (Phi) is 6.62. The molecule has 1 atom stereocenters. The van der Waals surface area contributed by atoms with E-state index < -0.39 is 0 Å². The Hall–Kier alpha value is -0.780. The zero-order valence-corrected chi connectivity index (χ0v) is 13.2. The topological polar surface area (TPSA) is 61.7 Å². The van der Waals surface area contributed by atoms with E-state index in [9.17, 15) is 10.2 Å². The fourth-order valence-electron chi connectivity index (χ4n) is 1.90. The zero-order valence-electron chi connectivity index (χ0n) is 11.6. The molecule has 4 nitrogen and oxygen atoms in total. The highest BCUT2D eigenvalue weighted by Gasteiger charge is 2.10. The molecule has 0 heterocycles. The van der Waals surface area contributed by atoms with Crippen molar-refractivity contribution in [3.8, 4) is 11.5 Å². The molecule has 0 bridgehead atoms. The largest absolute Gasteiger partial charge is 0.503 e. The fraction of sp³-hybridized carbons (Fsp3) is 0.571. The molecule has 1 unspecified atom stereocenters. The fourth-order valence-corrected chi connectivity index (χ4v) is 2.38. The number of aliphatic hydroxyl groups is 1. The van der Waals surface area contributed by atoms with Gasteiger partial charge in [-0.25, -0.2) is 0 Å². The van der Waals surface area contributed by atoms with Crippen LogP contribution in [0.1, 0.15) is 25.8 Å². The smallest absolute Gasteiger partial charge is 0.172 e. The van der Waals surface area contributed by atoms with Crippen molar-refractivity contribution in [2.75, 3.05) is 13.7 Å². The van der Waals surface area contributed by atoms with Gasteiger partial charge in [0.1, 0.15) is 0 Å². The number of nitrogens with one attached hydrogen (secondary N) is 1. The number of phenolic OH excluding ortho intramolecular Hbond substituents is 1. The third kappa shape index (κ3) is 5.38. The molecule has 0 spiro atoms. The SMILES string of the molecule is COc1cc(CNCC(O)CC(C)C)cc(Br)c1O. The first-order valence-electron chi connectivity index (χ1n) is 6.38. The number of phenols is 1. The van der Waals surface area contributed by atoms with Crippen LogP contribution in [-0.2, 0) is 6.54 Å². The Labute approximate surface area is 122 Å². The third-order valence-corrected chi connectivity index (χ3v) is 3.37. The van der Waals surface area contributed by atoms with E-state index in [2.05, 4.69) is 35.1 Å². The predicted octanol–water partition coefficient (Wildman–Crippen LogP) is 2.66. The van der Waals surface area contributed by atoms with Crippen LogP contribution >= 0.6 is 15.9 Å². The molecule has 3 N–H and O–H groups in total. The first-order valence-corrected chi connectivity index (χ1v) is 7.17. The molecule has 0 amide bonds. The van der Waals surface area contributed by atoms with Gasteiger partial charge >= 0.3 is 0 Å². The van der Waals surface area contributed by atoms with Crippen LogP contribution in [0.4, 0.5) is 0 Å². The maximum absolute atomic E-state index is 9.76. The van der Waals surface area contributed by atoms with Gasteiger partial charge in [-0.15, -0.1) is 0 Å². The van der Waals surface area contributed by atoms with E-state index >= 15 is 0 Å². The normalized spacial score (nSPS) is 12.7. The Balaban J connectivity index is 2.52. The summed E-state index contributed by atoms with van der Waals surface area (Å²) >= 11 is 3.28. The zero-order chi connectivity index (χ0) is 14.4. The molecule has 0 radical (unpaired) electrons. The molecule has 0 fully saturated rings. The van der Waals surface area contributed by atoms with E-state index in [1.54, 1.807) is 6.07 Å². The second kappa shape index (κ2) is 7.72. The van der Waals surface area contributed by atoms with Crippen LogP contribution in [0, 0.1) is 5.92 Å². The number of benzene rings is 1. The number of methoxy groups -OCH3 is 1. The summed E-state index contributed by atoms with van der Waals surface area (Å²) < 4.78 is 5.69. The molecule has 1 aromatic carbocycles. The molecular weight excluding hydrogens is 310 g/mol. The number of aliphatic hydroxyl groups excluding tert-OH is 1. The highest BCUT2D eigenvalue weighted by Crippen LogP contribution is 2.35. The second-order valence-electron chi connectivity index (χ2n) is 5.04. The molecule has 1 rings (SSSR count). The lowest BCUT2D eigenvalue weighted by Gasteiger charge is -2.14. The van der Waals surface area contributed by atoms with Gasteiger partial charge in [-0.3, -0.25) is 0 Å². The summed E-state index contributed by atoms with van der Waals surface area (Å²) in [5.41, 5.74) is 0.985. The lowest BCUT2D eigenvalue weighted by Crippen LogP contribution is -2.27. The lowest BCUT2D eigenvalue weighted by molar-refractivity contribution is 0.146. The first-order chi connectivity index (χ1) is 8.93. The summed E-state index contributed by atoms with van der Waals surface area (Å²) in [6.45, 7) is 5.35. The molecule has 0 aliphatic rings. The quantitative estimate of drug-likeness (QED) is 0.718. The number of hydrogen-bond acceptors (Lipinski definition) is 4. The van der Waals surface area contributed by atoms with Gasteiger partial charge in [-0.2, -0.15) is 0 Å². The Bertz CT molecular complexity index is 410. The minimum atomic E-state index is -0.331. The third-order valence-electron chi connectivity index (χ3n) is 2.76. The number of aromatic hydroxyl groups is 1. The van der Waals surface area contributed by atoms with E-state index in [1.807, 2.05) is 6.07 Å². The number of halogens is 1. The van der Waals surface area contributed by atoms with Crippen molar-refractivity contribution < 1.29 is 14.9 Å². The van der Waals surface area contributed by atoms with Crippen LogP contribution in [0.2, 0.25) is 0 Å². The molecule has 1 aromatic rings. The molecule has 0 aliphatic carbocycles. The maximum Gasteiger partial charge on any atom is 0.172 e. The highest BCUT2D eigenvalue weighted by molar-refractivity contribution is 9.10. The van der Waals surface area contributed by atoms with Crippen LogP contribution in [0.15, 0.2) is 16.6 Å². The number of rotatable bonds is 7. The van der Waals surface area contributed by atoms with Crippen molar-refractivity contribution in [3.05, 3.63) is 22.2 Å². The van der Waals surface area contributed by atoms with Gasteiger partial charge in [0.05, 0.1) is 17.7 Å². The molecule has 108 valence electrons. The average Bonchev–Trinajstić information content (AvgIpc) is 2.32. The minimum absolute atomic E-state index is 0.103. The van der Waals surface area contributed by atoms with E-state index in [4.69, 9.17) is 4.74 Å². The summed E-state index contributed by atoms with van der Waals surface area (Å²) in [6, 6.07) is 3.61. The van der Waals surface area contributed by atoms with Crippen LogP contribution in [0.3, 0.4) is 0 Å². The van der Waals surface area contributed by atoms with Gasteiger partial charge in [0, 0.05) is 13.1 Å². The highest BCUT2D eigenvalue weighted by atomic mass is 79.9. The van der Waals surface area contributed by atoms with Gasteiger partial charge in [-0.1, -0.05) is 13.8 Å². The summed E-state index contributed by atoms with van der Waals surface area (Å²) in [5.74, 6) is 1.03. The van der Waals surface area contributed by atoms with Crippen molar-refractivity contribution in [2.45, 2.75) is 32.9 Å². The van der Waals surface area contributed by atoms with Gasteiger partial charge in [0.25, 0.3) is 0 Å². The molecular formula is C14H22BrNO3. The van der Waals surface area contributed by atoms with Crippen molar-refractivity contribution in [1.82, 2.24) is 5.32 Å². The van der Waals surface area contributed by atoms with Gasteiger partial charge in [0.15, 0.2) is 11.5 Å². The van der Waals surface area contributed by atoms with Crippen LogP contribution in [0.5, 0.6) is 11.5 Å². The van der Waals surface area contributed by atoms with Crippen molar-refractivity contribution >= 4 is 15.9 Å². The molecule has 19 heavy (non-hydrogen) atoms. The molecule has 0 aromatic heterocycles. The van der Waals surface area contributed by atoms with Gasteiger partial charge in [-0.05, 0) is 46.0 Å². The predicted molar refractivity (Wildman–Crippen MR) is 79.5 cm³/mol. The second-order valence-corrected chi connectivity index (χ2v) is 5.90. The summed E-state index contributed by atoms with van der Waals surface area (Å²) in [7, 11) is 1.52. The summed E-state index contributed by atoms with van der Waals surface area (Å²) in [5, 5.41) is 22.7. The molecule has 0 aliphatic heterocycles. The summed E-state index contributed by atoms with van der Waals surface area (Å²) in [6.07, 6.45) is 0.456. The van der Waals surface area contributed by atoms with E-state index in [-0.39, 0.29) is 11.9 Å². The average molecular weight is 332 g/mol. The molecule has 0 saturated heterocycles. The Morgan fingerprint density at radius 2 is 2.05 bits per heavy atom. The van der Waals surface area contributed by atoms with Crippen LogP contribution in [-0.4, -0.2) is 30.0 Å². The summed E-state index contributed by atoms with van der Waals surface area (Å²) in [4.78, 5) is 0. The van der Waals surface area contributed by atoms with E-state index in [0.717, 1.165) is 12.0 Å². The van der Waals surface area contributed by atoms with E-state index in [1.165, 1.54) is 7.11 Å². The van der Waals surface area contributed by atoms with Crippen molar-refractivity contribution in [1.29, 1.82) is 0 Å². The lowest BCUT2D eigenvalue weighted by atomic mass is 10.1. The molecule has 0 saturated carbocycles. The van der Waals surface area contributed by atoms with E-state index in [0.29, 0.717) is 29.2 Å². The van der Waals surface area contributed by atoms with Gasteiger partial charge < -0.3 is 20.3 Å². The van der Waals surface area contributed by atoms with Crippen molar-refractivity contribution in [2.24, 2.45) is 5.92 Å². The molecule has 5 heteroatoms. The first kappa shape index (κ1) is 16.3. The number of hydrogen-bond donors (Lipinski definition) is 3. The Morgan fingerprint density at radius 1 is 1.37 bits per heavy atom. The van der Waals surface area contributed by atoms with Crippen LogP contribution in [0.25, 0.3) is 0 Å². The maximum atomic E-state index is 9.76. The number of ether oxygens (including phenoxy) is 1. The monoisotopic (exact) mass is 331 g/mol. The minimum Gasteiger partial charge on any atom is -0.503 e. The Morgan fingerprint density at radius 3 is 2.63 bits per heavy atom. The standard InChI is InChI=1S/C14H22BrNO3/c1-9(2)4-11(17)8-16-7-10-5-12(15)14(18)13(6-10)19-3/h5-6,9,11,16-18H,4,7-8H2,1-3H3.